The maximum Gasteiger partial charge on any atom is 0.191 e. The minimum Gasteiger partial charge on any atom is -0.354 e. The van der Waals surface area contributed by atoms with E-state index in [0.29, 0.717) is 6.04 Å². The van der Waals surface area contributed by atoms with E-state index in [1.807, 2.05) is 18.4 Å². The molecule has 1 aliphatic heterocycles. The highest BCUT2D eigenvalue weighted by Gasteiger charge is 2.24. The van der Waals surface area contributed by atoms with E-state index >= 15 is 0 Å². The standard InChI is InChI=1S/C20H28N4S2.HI/c1-21-20(22-14-16-7-9-17(25-2)10-8-16)23-15-18(19-6-5-13-26-19)24-11-3-4-12-24;/h5-10,13,18H,3-4,11-12,14-15H2,1-2H3,(H2,21,22,23);1H. The van der Waals surface area contributed by atoms with Crippen LogP contribution >= 0.6 is 47.1 Å². The number of thioether (sulfide) groups is 1. The number of hydrogen-bond donors (Lipinski definition) is 2. The van der Waals surface area contributed by atoms with Gasteiger partial charge in [-0.1, -0.05) is 18.2 Å². The normalized spacial score (nSPS) is 16.0. The molecule has 1 aliphatic rings. The van der Waals surface area contributed by atoms with Gasteiger partial charge in [0, 0.05) is 29.9 Å². The number of benzene rings is 1. The molecular formula is C20H29IN4S2. The van der Waals surface area contributed by atoms with E-state index in [1.165, 1.54) is 41.3 Å². The lowest BCUT2D eigenvalue weighted by Gasteiger charge is -2.27. The van der Waals surface area contributed by atoms with E-state index in [0.717, 1.165) is 19.0 Å². The first-order valence-corrected chi connectivity index (χ1v) is 11.3. The maximum atomic E-state index is 4.39. The van der Waals surface area contributed by atoms with Gasteiger partial charge in [-0.15, -0.1) is 47.1 Å². The lowest BCUT2D eigenvalue weighted by molar-refractivity contribution is 0.249. The van der Waals surface area contributed by atoms with E-state index in [4.69, 9.17) is 0 Å². The van der Waals surface area contributed by atoms with Crippen LogP contribution in [0.1, 0.15) is 29.3 Å². The number of guanidine groups is 1. The molecule has 1 fully saturated rings. The van der Waals surface area contributed by atoms with Gasteiger partial charge in [-0.25, -0.2) is 0 Å². The van der Waals surface area contributed by atoms with Gasteiger partial charge in [0.25, 0.3) is 0 Å². The van der Waals surface area contributed by atoms with Crippen molar-refractivity contribution in [3.63, 3.8) is 0 Å². The quantitative estimate of drug-likeness (QED) is 0.245. The van der Waals surface area contributed by atoms with Crippen molar-refractivity contribution in [1.29, 1.82) is 0 Å². The fraction of sp³-hybridized carbons (Fsp3) is 0.450. The van der Waals surface area contributed by atoms with Gasteiger partial charge in [0.05, 0.1) is 6.04 Å². The van der Waals surface area contributed by atoms with Crippen molar-refractivity contribution >= 4 is 53.0 Å². The molecule has 4 nitrogen and oxygen atoms in total. The third-order valence-electron chi connectivity index (χ3n) is 4.76. The number of rotatable bonds is 7. The van der Waals surface area contributed by atoms with Crippen molar-refractivity contribution in [2.45, 2.75) is 30.3 Å². The Balaban J connectivity index is 0.00000261. The Hall–Kier alpha value is -0.770. The molecule has 148 valence electrons. The third-order valence-corrected chi connectivity index (χ3v) is 6.48. The Kier molecular flexibility index (Phi) is 9.95. The van der Waals surface area contributed by atoms with Gasteiger partial charge >= 0.3 is 0 Å². The monoisotopic (exact) mass is 516 g/mol. The molecule has 1 atom stereocenters. The van der Waals surface area contributed by atoms with Crippen LogP contribution < -0.4 is 10.6 Å². The molecule has 1 aromatic heterocycles. The molecular weight excluding hydrogens is 487 g/mol. The Morgan fingerprint density at radius 1 is 1.19 bits per heavy atom. The second-order valence-electron chi connectivity index (χ2n) is 6.43. The fourth-order valence-corrected chi connectivity index (χ4v) is 4.56. The minimum atomic E-state index is 0. The summed E-state index contributed by atoms with van der Waals surface area (Å²) in [5.74, 6) is 0.861. The number of hydrogen-bond acceptors (Lipinski definition) is 4. The fourth-order valence-electron chi connectivity index (χ4n) is 3.29. The van der Waals surface area contributed by atoms with Crippen LogP contribution in [-0.4, -0.2) is 43.8 Å². The van der Waals surface area contributed by atoms with Crippen LogP contribution in [0.15, 0.2) is 51.7 Å². The maximum absolute atomic E-state index is 4.39. The molecule has 0 spiro atoms. The van der Waals surface area contributed by atoms with Crippen LogP contribution in [0.25, 0.3) is 0 Å². The Labute approximate surface area is 188 Å². The summed E-state index contributed by atoms with van der Waals surface area (Å²) in [6.07, 6.45) is 4.71. The van der Waals surface area contributed by atoms with E-state index in [2.05, 4.69) is 68.6 Å². The summed E-state index contributed by atoms with van der Waals surface area (Å²) in [4.78, 5) is 9.71. The van der Waals surface area contributed by atoms with Gasteiger partial charge in [0.2, 0.25) is 0 Å². The summed E-state index contributed by atoms with van der Waals surface area (Å²) >= 11 is 3.62. The number of aliphatic imine (C=N–C) groups is 1. The van der Waals surface area contributed by atoms with Crippen LogP contribution in [0.4, 0.5) is 0 Å². The molecule has 1 saturated heterocycles. The van der Waals surface area contributed by atoms with Crippen molar-refractivity contribution in [3.05, 3.63) is 52.2 Å². The summed E-state index contributed by atoms with van der Waals surface area (Å²) in [5.41, 5.74) is 1.26. The summed E-state index contributed by atoms with van der Waals surface area (Å²) in [5, 5.41) is 9.13. The summed E-state index contributed by atoms with van der Waals surface area (Å²) < 4.78 is 0. The Morgan fingerprint density at radius 2 is 1.93 bits per heavy atom. The largest absolute Gasteiger partial charge is 0.354 e. The lowest BCUT2D eigenvalue weighted by atomic mass is 10.2. The Morgan fingerprint density at radius 3 is 2.52 bits per heavy atom. The summed E-state index contributed by atoms with van der Waals surface area (Å²) in [6.45, 7) is 4.05. The van der Waals surface area contributed by atoms with Crippen LogP contribution in [0.3, 0.4) is 0 Å². The molecule has 7 heteroatoms. The molecule has 0 aliphatic carbocycles. The molecule has 27 heavy (non-hydrogen) atoms. The van der Waals surface area contributed by atoms with Crippen LogP contribution in [-0.2, 0) is 6.54 Å². The Bertz CT molecular complexity index is 683. The zero-order valence-electron chi connectivity index (χ0n) is 16.0. The van der Waals surface area contributed by atoms with E-state index in [-0.39, 0.29) is 24.0 Å². The second-order valence-corrected chi connectivity index (χ2v) is 8.29. The first-order valence-electron chi connectivity index (χ1n) is 9.15. The SMILES string of the molecule is CN=C(NCc1ccc(SC)cc1)NCC(c1cccs1)N1CCCC1.I. The van der Waals surface area contributed by atoms with Crippen molar-refractivity contribution in [2.24, 2.45) is 4.99 Å². The van der Waals surface area contributed by atoms with Gasteiger partial charge in [-0.05, 0) is 61.3 Å². The van der Waals surface area contributed by atoms with Crippen molar-refractivity contribution in [3.8, 4) is 0 Å². The van der Waals surface area contributed by atoms with Gasteiger partial charge < -0.3 is 10.6 Å². The zero-order valence-corrected chi connectivity index (χ0v) is 19.9. The number of nitrogens with one attached hydrogen (secondary N) is 2. The molecule has 0 radical (unpaired) electrons. The van der Waals surface area contributed by atoms with Gasteiger partial charge in [0.1, 0.15) is 0 Å². The number of likely N-dealkylation sites (tertiary alicyclic amines) is 1. The molecule has 1 aromatic carbocycles. The van der Waals surface area contributed by atoms with Crippen molar-refractivity contribution < 1.29 is 0 Å². The van der Waals surface area contributed by atoms with Gasteiger partial charge in [-0.3, -0.25) is 9.89 Å². The van der Waals surface area contributed by atoms with E-state index < -0.39 is 0 Å². The number of thiophene rings is 1. The van der Waals surface area contributed by atoms with Crippen molar-refractivity contribution in [1.82, 2.24) is 15.5 Å². The van der Waals surface area contributed by atoms with Crippen LogP contribution in [0, 0.1) is 0 Å². The van der Waals surface area contributed by atoms with E-state index in [1.54, 1.807) is 11.8 Å². The average molecular weight is 517 g/mol. The molecule has 0 saturated carbocycles. The molecule has 2 aromatic rings. The van der Waals surface area contributed by atoms with Crippen molar-refractivity contribution in [2.75, 3.05) is 32.9 Å². The molecule has 1 unspecified atom stereocenters. The van der Waals surface area contributed by atoms with Crippen LogP contribution in [0.2, 0.25) is 0 Å². The highest BCUT2D eigenvalue weighted by molar-refractivity contribution is 14.0. The predicted molar refractivity (Wildman–Crippen MR) is 130 cm³/mol. The van der Waals surface area contributed by atoms with E-state index in [9.17, 15) is 0 Å². The highest BCUT2D eigenvalue weighted by Crippen LogP contribution is 2.27. The summed E-state index contributed by atoms with van der Waals surface area (Å²) in [6, 6.07) is 13.5. The molecule has 0 amide bonds. The molecule has 2 N–H and O–H groups in total. The predicted octanol–water partition coefficient (Wildman–Crippen LogP) is 4.59. The topological polar surface area (TPSA) is 39.7 Å². The van der Waals surface area contributed by atoms with Crippen LogP contribution in [0.5, 0.6) is 0 Å². The molecule has 0 bridgehead atoms. The second kappa shape index (κ2) is 11.9. The number of halogens is 1. The smallest absolute Gasteiger partial charge is 0.191 e. The summed E-state index contributed by atoms with van der Waals surface area (Å²) in [7, 11) is 1.84. The van der Waals surface area contributed by atoms with Gasteiger partial charge in [0.15, 0.2) is 5.96 Å². The highest BCUT2D eigenvalue weighted by atomic mass is 127. The zero-order chi connectivity index (χ0) is 18.2. The third kappa shape index (κ3) is 6.66. The molecule has 3 rings (SSSR count). The molecule has 2 heterocycles. The van der Waals surface area contributed by atoms with Gasteiger partial charge in [-0.2, -0.15) is 0 Å². The first-order chi connectivity index (χ1) is 12.8. The first kappa shape index (κ1) is 22.5. The average Bonchev–Trinajstić information content (AvgIpc) is 3.39. The number of nitrogens with zero attached hydrogens (tertiary/aromatic N) is 2. The minimum absolute atomic E-state index is 0. The lowest BCUT2D eigenvalue weighted by Crippen LogP contribution is -2.42.